The van der Waals surface area contributed by atoms with Crippen molar-refractivity contribution in [2.45, 2.75) is 37.8 Å². The minimum atomic E-state index is -0.878. The zero-order chi connectivity index (χ0) is 45.4. The number of Topliss-reactive ketones (excluding diaryl/α,β-unsaturated/α-hetero) is 1. The molecule has 0 aliphatic carbocycles. The summed E-state index contributed by atoms with van der Waals surface area (Å²) in [7, 11) is 2.33. The third-order valence-corrected chi connectivity index (χ3v) is 10.2. The molecule has 0 aromatic heterocycles. The van der Waals surface area contributed by atoms with Crippen LogP contribution in [-0.4, -0.2) is 54.9 Å². The van der Waals surface area contributed by atoms with Crippen LogP contribution in [0, 0.1) is 11.8 Å². The maximum Gasteiger partial charge on any atom is 0.308 e. The SMILES string of the molecule is CO.COC(=O)[C@@H](C)CC(=O)NC(c1ccccc1)(c1ccccc1)c1ccccc1.C[C@@H](CC(=O)NC(c1ccccc1)(c1ccccc1)c1ccccc1)C(=O)CN.NN.O. The average Bonchev–Trinajstić information content (AvgIpc) is 3.35. The lowest BCUT2D eigenvalue weighted by molar-refractivity contribution is -0.146. The van der Waals surface area contributed by atoms with Crippen LogP contribution in [0.1, 0.15) is 60.1 Å². The predicted molar refractivity (Wildman–Crippen MR) is 248 cm³/mol. The molecule has 12 nitrogen and oxygen atoms in total. The van der Waals surface area contributed by atoms with Crippen molar-refractivity contribution in [3.63, 3.8) is 0 Å². The van der Waals surface area contributed by atoms with Crippen LogP contribution in [0.2, 0.25) is 0 Å². The first-order chi connectivity index (χ1) is 30.1. The van der Waals surface area contributed by atoms with Gasteiger partial charge in [-0.15, -0.1) is 0 Å². The van der Waals surface area contributed by atoms with Gasteiger partial charge in [-0.2, -0.15) is 0 Å². The Bertz CT molecular complexity index is 1860. The van der Waals surface area contributed by atoms with Gasteiger partial charge in [-0.3, -0.25) is 30.9 Å². The summed E-state index contributed by atoms with van der Waals surface area (Å²) in [5.74, 6) is 6.10. The maximum absolute atomic E-state index is 13.1. The Hall–Kier alpha value is -6.80. The van der Waals surface area contributed by atoms with Gasteiger partial charge in [-0.25, -0.2) is 0 Å². The molecular formula is C51H61N5O7. The number of esters is 1. The molecule has 332 valence electrons. The molecule has 12 heteroatoms. The molecule has 0 aliphatic heterocycles. The van der Waals surface area contributed by atoms with Gasteiger partial charge in [0, 0.05) is 25.9 Å². The lowest BCUT2D eigenvalue weighted by Crippen LogP contribution is -2.48. The fourth-order valence-corrected chi connectivity index (χ4v) is 7.24. The summed E-state index contributed by atoms with van der Waals surface area (Å²) in [5, 5.41) is 13.5. The molecule has 0 saturated heterocycles. The van der Waals surface area contributed by atoms with Crippen LogP contribution in [0.3, 0.4) is 0 Å². The average molecular weight is 856 g/mol. The summed E-state index contributed by atoms with van der Waals surface area (Å²) in [6.07, 6.45) is 0.130. The second kappa shape index (κ2) is 27.2. The molecule has 0 spiro atoms. The summed E-state index contributed by atoms with van der Waals surface area (Å²) in [5.41, 5.74) is 9.39. The molecule has 63 heavy (non-hydrogen) atoms. The lowest BCUT2D eigenvalue weighted by Gasteiger charge is -2.37. The van der Waals surface area contributed by atoms with E-state index in [9.17, 15) is 19.2 Å². The number of nitrogens with two attached hydrogens (primary N) is 3. The number of benzene rings is 6. The number of aliphatic hydroxyl groups is 1. The van der Waals surface area contributed by atoms with Crippen molar-refractivity contribution in [2.75, 3.05) is 20.8 Å². The van der Waals surface area contributed by atoms with Crippen LogP contribution in [0.25, 0.3) is 0 Å². The standard InChI is InChI=1S/C25H26N2O2.C25H25NO3.CH4O.H4N2.H2O/c1-19(23(28)18-26)17-24(29)27-25(20-11-5-2-6-12-20,21-13-7-3-8-14-21)22-15-9-4-10-16-22;1-19(24(28)29-2)18-23(27)26-25(20-12-6-3-7-13-20,21-14-8-4-9-15-21)22-16-10-5-11-17-22;2*1-2;/h2-16,19H,17-18,26H2,1H3,(H,27,29);3-17,19H,18H2,1-2H3,(H,26,27);2H,1H3;1-2H2;1H2/t2*19-;;;/m00.../s1. The van der Waals surface area contributed by atoms with Gasteiger partial charge in [-0.05, 0) is 33.4 Å². The van der Waals surface area contributed by atoms with E-state index < -0.39 is 28.9 Å². The van der Waals surface area contributed by atoms with Crippen molar-refractivity contribution in [1.29, 1.82) is 0 Å². The highest BCUT2D eigenvalue weighted by molar-refractivity contribution is 5.88. The van der Waals surface area contributed by atoms with Crippen LogP contribution in [-0.2, 0) is 35.0 Å². The molecule has 0 unspecified atom stereocenters. The number of carbonyl (C=O) groups is 4. The Morgan fingerprint density at radius 3 is 0.921 bits per heavy atom. The van der Waals surface area contributed by atoms with Crippen molar-refractivity contribution in [3.05, 3.63) is 215 Å². The number of rotatable bonds is 15. The molecule has 6 aromatic rings. The van der Waals surface area contributed by atoms with Crippen molar-refractivity contribution < 1.29 is 34.5 Å². The Kier molecular flexibility index (Phi) is 22.6. The predicted octanol–water partition coefficient (Wildman–Crippen LogP) is 5.55. The van der Waals surface area contributed by atoms with Gasteiger partial charge in [0.15, 0.2) is 0 Å². The quantitative estimate of drug-likeness (QED) is 0.0329. The highest BCUT2D eigenvalue weighted by atomic mass is 16.5. The first-order valence-electron chi connectivity index (χ1n) is 20.2. The van der Waals surface area contributed by atoms with E-state index in [0.29, 0.717) is 0 Å². The van der Waals surface area contributed by atoms with Gasteiger partial charge in [0.2, 0.25) is 11.8 Å². The van der Waals surface area contributed by atoms with Crippen LogP contribution < -0.4 is 28.1 Å². The monoisotopic (exact) mass is 855 g/mol. The molecule has 0 heterocycles. The summed E-state index contributed by atoms with van der Waals surface area (Å²) in [6, 6.07) is 59.3. The van der Waals surface area contributed by atoms with Crippen molar-refractivity contribution in [1.82, 2.24) is 10.6 Å². The van der Waals surface area contributed by atoms with Crippen LogP contribution in [0.5, 0.6) is 0 Å². The maximum atomic E-state index is 13.1. The molecule has 0 fully saturated rings. The summed E-state index contributed by atoms with van der Waals surface area (Å²) in [4.78, 5) is 49.9. The number of amides is 2. The molecule has 11 N–H and O–H groups in total. The van der Waals surface area contributed by atoms with Crippen molar-refractivity contribution in [3.8, 4) is 0 Å². The number of methoxy groups -OCH3 is 1. The number of aliphatic hydroxyl groups excluding tert-OH is 1. The van der Waals surface area contributed by atoms with Crippen LogP contribution in [0.15, 0.2) is 182 Å². The largest absolute Gasteiger partial charge is 0.469 e. The molecule has 2 amide bonds. The van der Waals surface area contributed by atoms with Crippen molar-refractivity contribution >= 4 is 23.6 Å². The minimum absolute atomic E-state index is 0. The van der Waals surface area contributed by atoms with Gasteiger partial charge < -0.3 is 31.7 Å². The molecule has 6 aromatic carbocycles. The van der Waals surface area contributed by atoms with Gasteiger partial charge in [0.05, 0.1) is 19.6 Å². The molecule has 0 aliphatic rings. The van der Waals surface area contributed by atoms with Gasteiger partial charge in [-0.1, -0.05) is 196 Å². The normalized spacial score (nSPS) is 11.4. The number of hydrazine groups is 1. The molecule has 0 bridgehead atoms. The summed E-state index contributed by atoms with van der Waals surface area (Å²) < 4.78 is 4.78. The highest BCUT2D eigenvalue weighted by Crippen LogP contribution is 2.38. The van der Waals surface area contributed by atoms with E-state index in [1.165, 1.54) is 7.11 Å². The molecular weight excluding hydrogens is 795 g/mol. The number of hydrogen-bond acceptors (Lipinski definition) is 9. The van der Waals surface area contributed by atoms with E-state index >= 15 is 0 Å². The number of carbonyl (C=O) groups excluding carboxylic acids is 4. The molecule has 2 atom stereocenters. The van der Waals surface area contributed by atoms with E-state index in [2.05, 4.69) is 22.3 Å². The van der Waals surface area contributed by atoms with E-state index in [4.69, 9.17) is 15.6 Å². The molecule has 6 rings (SSSR count). The lowest BCUT2D eigenvalue weighted by atomic mass is 9.76. The third kappa shape index (κ3) is 13.6. The zero-order valence-electron chi connectivity index (χ0n) is 36.3. The second-order valence-electron chi connectivity index (χ2n) is 14.2. The van der Waals surface area contributed by atoms with E-state index in [1.807, 2.05) is 182 Å². The minimum Gasteiger partial charge on any atom is -0.469 e. The highest BCUT2D eigenvalue weighted by Gasteiger charge is 2.39. The van der Waals surface area contributed by atoms with E-state index in [1.54, 1.807) is 13.8 Å². The smallest absolute Gasteiger partial charge is 0.308 e. The zero-order valence-corrected chi connectivity index (χ0v) is 36.3. The third-order valence-electron chi connectivity index (χ3n) is 10.2. The topological polar surface area (TPSA) is 231 Å². The van der Waals surface area contributed by atoms with Gasteiger partial charge >= 0.3 is 5.97 Å². The number of ketones is 1. The summed E-state index contributed by atoms with van der Waals surface area (Å²) in [6.45, 7) is 3.38. The molecule has 0 saturated carbocycles. The number of ether oxygens (including phenoxy) is 1. The first kappa shape index (κ1) is 52.3. The van der Waals surface area contributed by atoms with Crippen molar-refractivity contribution in [2.24, 2.45) is 29.3 Å². The van der Waals surface area contributed by atoms with Gasteiger partial charge in [0.25, 0.3) is 0 Å². The fraction of sp³-hybridized carbons (Fsp3) is 0.216. The van der Waals surface area contributed by atoms with E-state index in [0.717, 1.165) is 40.5 Å². The van der Waals surface area contributed by atoms with Crippen LogP contribution >= 0.6 is 0 Å². The fourth-order valence-electron chi connectivity index (χ4n) is 7.24. The first-order valence-corrected chi connectivity index (χ1v) is 20.2. The Labute approximate surface area is 370 Å². The van der Waals surface area contributed by atoms with Crippen LogP contribution in [0.4, 0.5) is 0 Å². The van der Waals surface area contributed by atoms with E-state index in [-0.39, 0.29) is 42.5 Å². The number of nitrogens with one attached hydrogen (secondary N) is 2. The second-order valence-corrected chi connectivity index (χ2v) is 14.2. The van der Waals surface area contributed by atoms with Gasteiger partial charge in [0.1, 0.15) is 16.9 Å². The molecule has 0 radical (unpaired) electrons. The number of hydrogen-bond donors (Lipinski definition) is 6. The Morgan fingerprint density at radius 1 is 0.492 bits per heavy atom. The summed E-state index contributed by atoms with van der Waals surface area (Å²) >= 11 is 0. The Balaban J connectivity index is 0.000000396. The Morgan fingerprint density at radius 2 is 0.714 bits per heavy atom.